The molecule has 14 heavy (non-hydrogen) atoms. The third kappa shape index (κ3) is 2.08. The maximum Gasteiger partial charge on any atom is 0.217 e. The van der Waals surface area contributed by atoms with Gasteiger partial charge in [0.2, 0.25) is 5.91 Å². The van der Waals surface area contributed by atoms with E-state index in [2.05, 4.69) is 5.32 Å². The van der Waals surface area contributed by atoms with Gasteiger partial charge < -0.3 is 10.1 Å². The molecule has 2 fully saturated rings. The second-order valence-corrected chi connectivity index (χ2v) is 4.63. The minimum Gasteiger partial charge on any atom is -0.375 e. The standard InChI is InChI=1S/C11H19NO2/c1-9(13)12-10-4-7-14-11(8-10)5-2-3-6-11/h10H,2-8H2,1H3,(H,12,13)/t10-/m0/s1. The van der Waals surface area contributed by atoms with Crippen LogP contribution in [0.15, 0.2) is 0 Å². The number of nitrogens with one attached hydrogen (secondary N) is 1. The zero-order valence-electron chi connectivity index (χ0n) is 8.84. The van der Waals surface area contributed by atoms with Gasteiger partial charge in [-0.3, -0.25) is 4.79 Å². The topological polar surface area (TPSA) is 38.3 Å². The van der Waals surface area contributed by atoms with Gasteiger partial charge in [-0.2, -0.15) is 0 Å². The molecule has 80 valence electrons. The van der Waals surface area contributed by atoms with Crippen LogP contribution in [0.3, 0.4) is 0 Å². The lowest BCUT2D eigenvalue weighted by Gasteiger charge is -2.38. The largest absolute Gasteiger partial charge is 0.375 e. The summed E-state index contributed by atoms with van der Waals surface area (Å²) in [7, 11) is 0. The van der Waals surface area contributed by atoms with Gasteiger partial charge in [0, 0.05) is 19.6 Å². The molecule has 0 aromatic carbocycles. The highest BCUT2D eigenvalue weighted by Crippen LogP contribution is 2.39. The van der Waals surface area contributed by atoms with Crippen molar-refractivity contribution in [1.82, 2.24) is 5.32 Å². The molecule has 3 nitrogen and oxygen atoms in total. The Morgan fingerprint density at radius 3 is 2.79 bits per heavy atom. The SMILES string of the molecule is CC(=O)N[C@H]1CCOC2(CCCC2)C1. The zero-order valence-corrected chi connectivity index (χ0v) is 8.84. The van der Waals surface area contributed by atoms with Crippen molar-refractivity contribution in [1.29, 1.82) is 0 Å². The van der Waals surface area contributed by atoms with Crippen molar-refractivity contribution >= 4 is 5.91 Å². The van der Waals surface area contributed by atoms with Crippen LogP contribution >= 0.6 is 0 Å². The van der Waals surface area contributed by atoms with Crippen LogP contribution in [-0.4, -0.2) is 24.2 Å². The number of ether oxygens (including phenoxy) is 1. The van der Waals surface area contributed by atoms with Gasteiger partial charge in [-0.1, -0.05) is 12.8 Å². The molecule has 2 aliphatic rings. The van der Waals surface area contributed by atoms with Gasteiger partial charge in [-0.15, -0.1) is 0 Å². The van der Waals surface area contributed by atoms with Crippen LogP contribution in [0, 0.1) is 0 Å². The molecule has 0 radical (unpaired) electrons. The second-order valence-electron chi connectivity index (χ2n) is 4.63. The molecule has 0 unspecified atom stereocenters. The highest BCUT2D eigenvalue weighted by atomic mass is 16.5. The second kappa shape index (κ2) is 3.89. The van der Waals surface area contributed by atoms with E-state index in [4.69, 9.17) is 4.74 Å². The van der Waals surface area contributed by atoms with Gasteiger partial charge in [0.15, 0.2) is 0 Å². The molecule has 1 amide bonds. The minimum absolute atomic E-state index is 0.0880. The van der Waals surface area contributed by atoms with Crippen molar-refractivity contribution in [3.8, 4) is 0 Å². The highest BCUT2D eigenvalue weighted by molar-refractivity contribution is 5.73. The summed E-state index contributed by atoms with van der Waals surface area (Å²) in [6.45, 7) is 2.40. The molecule has 3 heteroatoms. The van der Waals surface area contributed by atoms with Crippen LogP contribution in [0.5, 0.6) is 0 Å². The lowest BCUT2D eigenvalue weighted by Crippen LogP contribution is -2.46. The van der Waals surface area contributed by atoms with Crippen LogP contribution in [0.1, 0.15) is 45.4 Å². The quantitative estimate of drug-likeness (QED) is 0.693. The van der Waals surface area contributed by atoms with Crippen LogP contribution in [0.4, 0.5) is 0 Å². The Labute approximate surface area is 85.2 Å². The van der Waals surface area contributed by atoms with Crippen LogP contribution < -0.4 is 5.32 Å². The molecule has 1 aliphatic heterocycles. The third-order valence-corrected chi connectivity index (χ3v) is 3.42. The number of rotatable bonds is 1. The van der Waals surface area contributed by atoms with E-state index >= 15 is 0 Å². The maximum absolute atomic E-state index is 11.0. The van der Waals surface area contributed by atoms with Crippen molar-refractivity contribution < 1.29 is 9.53 Å². The molecule has 0 aromatic rings. The predicted molar refractivity (Wildman–Crippen MR) is 54.0 cm³/mol. The third-order valence-electron chi connectivity index (χ3n) is 3.42. The molecule has 1 spiro atoms. The molecule has 1 saturated carbocycles. The summed E-state index contributed by atoms with van der Waals surface area (Å²) in [5.41, 5.74) is 0.116. The van der Waals surface area contributed by atoms with Gasteiger partial charge in [-0.25, -0.2) is 0 Å². The summed E-state index contributed by atoms with van der Waals surface area (Å²) in [4.78, 5) is 11.0. The van der Waals surface area contributed by atoms with E-state index in [1.165, 1.54) is 25.7 Å². The van der Waals surface area contributed by atoms with Crippen molar-refractivity contribution in [3.05, 3.63) is 0 Å². The van der Waals surface area contributed by atoms with E-state index in [0.29, 0.717) is 6.04 Å². The first kappa shape index (κ1) is 9.97. The van der Waals surface area contributed by atoms with E-state index in [1.807, 2.05) is 0 Å². The number of amides is 1. The Morgan fingerprint density at radius 2 is 2.14 bits per heavy atom. The molecular formula is C11H19NO2. The number of carbonyl (C=O) groups excluding carboxylic acids is 1. The van der Waals surface area contributed by atoms with Crippen LogP contribution in [-0.2, 0) is 9.53 Å². The molecule has 2 rings (SSSR count). The Bertz CT molecular complexity index is 221. The van der Waals surface area contributed by atoms with Crippen LogP contribution in [0.2, 0.25) is 0 Å². The van der Waals surface area contributed by atoms with Gasteiger partial charge in [0.05, 0.1) is 5.60 Å². The highest BCUT2D eigenvalue weighted by Gasteiger charge is 2.39. The Balaban J connectivity index is 1.93. The van der Waals surface area contributed by atoms with E-state index in [9.17, 15) is 4.79 Å². The molecule has 0 bridgehead atoms. The van der Waals surface area contributed by atoms with Crippen molar-refractivity contribution in [3.63, 3.8) is 0 Å². The summed E-state index contributed by atoms with van der Waals surface area (Å²) in [5.74, 6) is 0.0880. The number of carbonyl (C=O) groups is 1. The number of hydrogen-bond donors (Lipinski definition) is 1. The lowest BCUT2D eigenvalue weighted by molar-refractivity contribution is -0.123. The van der Waals surface area contributed by atoms with Gasteiger partial charge in [0.1, 0.15) is 0 Å². The number of hydrogen-bond acceptors (Lipinski definition) is 2. The summed E-state index contributed by atoms with van der Waals surface area (Å²) in [6.07, 6.45) is 6.93. The monoisotopic (exact) mass is 197 g/mol. The Morgan fingerprint density at radius 1 is 1.43 bits per heavy atom. The van der Waals surface area contributed by atoms with Gasteiger partial charge in [-0.05, 0) is 25.7 Å². The lowest BCUT2D eigenvalue weighted by atomic mass is 9.89. The Kier molecular flexibility index (Phi) is 2.77. The van der Waals surface area contributed by atoms with Gasteiger partial charge in [0.25, 0.3) is 0 Å². The van der Waals surface area contributed by atoms with Crippen LogP contribution in [0.25, 0.3) is 0 Å². The Hall–Kier alpha value is -0.570. The van der Waals surface area contributed by atoms with E-state index in [1.54, 1.807) is 6.92 Å². The predicted octanol–water partition coefficient (Wildman–Crippen LogP) is 1.61. The fourth-order valence-corrected chi connectivity index (χ4v) is 2.81. The van der Waals surface area contributed by atoms with E-state index in [0.717, 1.165) is 19.4 Å². The summed E-state index contributed by atoms with van der Waals surface area (Å²) < 4.78 is 5.89. The van der Waals surface area contributed by atoms with Crippen molar-refractivity contribution in [2.24, 2.45) is 0 Å². The molecule has 1 saturated heterocycles. The summed E-state index contributed by atoms with van der Waals surface area (Å²) in [5, 5.41) is 3.01. The molecule has 1 heterocycles. The molecule has 1 aliphatic carbocycles. The molecular weight excluding hydrogens is 178 g/mol. The normalized spacial score (nSPS) is 30.5. The fourth-order valence-electron chi connectivity index (χ4n) is 2.81. The molecule has 0 aromatic heterocycles. The van der Waals surface area contributed by atoms with E-state index in [-0.39, 0.29) is 11.5 Å². The van der Waals surface area contributed by atoms with Crippen molar-refractivity contribution in [2.45, 2.75) is 57.1 Å². The van der Waals surface area contributed by atoms with Gasteiger partial charge >= 0.3 is 0 Å². The fraction of sp³-hybridized carbons (Fsp3) is 0.909. The minimum atomic E-state index is 0.0880. The molecule has 1 N–H and O–H groups in total. The average Bonchev–Trinajstić information content (AvgIpc) is 2.52. The van der Waals surface area contributed by atoms with Crippen molar-refractivity contribution in [2.75, 3.05) is 6.61 Å². The first-order valence-electron chi connectivity index (χ1n) is 5.61. The first-order chi connectivity index (χ1) is 6.70. The summed E-state index contributed by atoms with van der Waals surface area (Å²) >= 11 is 0. The van der Waals surface area contributed by atoms with E-state index < -0.39 is 0 Å². The zero-order chi connectivity index (χ0) is 10.0. The smallest absolute Gasteiger partial charge is 0.217 e. The summed E-state index contributed by atoms with van der Waals surface area (Å²) in [6, 6.07) is 0.347. The average molecular weight is 197 g/mol. The maximum atomic E-state index is 11.0. The first-order valence-corrected chi connectivity index (χ1v) is 5.61. The molecule has 1 atom stereocenters.